The molecule has 5 nitrogen and oxygen atoms in total. The van der Waals surface area contributed by atoms with E-state index < -0.39 is 17.0 Å². The van der Waals surface area contributed by atoms with Crippen molar-refractivity contribution in [3.63, 3.8) is 0 Å². The van der Waals surface area contributed by atoms with Crippen LogP contribution in [0.2, 0.25) is 0 Å². The highest BCUT2D eigenvalue weighted by atomic mass is 16.6. The Hall–Kier alpha value is -1.87. The minimum absolute atomic E-state index is 0.0431. The Morgan fingerprint density at radius 1 is 1.30 bits per heavy atom. The summed E-state index contributed by atoms with van der Waals surface area (Å²) in [4.78, 5) is 11.7. The van der Waals surface area contributed by atoms with Crippen molar-refractivity contribution in [1.29, 1.82) is 0 Å². The molecule has 0 atom stereocenters. The topological polar surface area (TPSA) is 68.9 Å². The van der Waals surface area contributed by atoms with Gasteiger partial charge in [0.15, 0.2) is 0 Å². The third kappa shape index (κ3) is 4.67. The van der Waals surface area contributed by atoms with Crippen molar-refractivity contribution in [2.24, 2.45) is 0 Å². The number of furan rings is 1. The van der Waals surface area contributed by atoms with Crippen molar-refractivity contribution in [2.45, 2.75) is 45.6 Å². The van der Waals surface area contributed by atoms with Crippen LogP contribution < -0.4 is 0 Å². The van der Waals surface area contributed by atoms with E-state index in [4.69, 9.17) is 18.8 Å². The monoisotopic (exact) mass is 277 g/mol. The largest absolute Gasteiger partial charge is 0.574 e. The maximum atomic E-state index is 11.7. The average Bonchev–Trinajstić information content (AvgIpc) is 2.76. The Morgan fingerprint density at radius 2 is 1.95 bits per heavy atom. The molecule has 0 aliphatic heterocycles. The molecule has 1 heterocycles. The Balaban J connectivity index is 2.67. The molecule has 0 amide bonds. The van der Waals surface area contributed by atoms with Crippen molar-refractivity contribution >= 4 is 13.7 Å². The lowest BCUT2D eigenvalue weighted by atomic mass is 9.92. The maximum absolute atomic E-state index is 11.7. The van der Waals surface area contributed by atoms with E-state index in [0.717, 1.165) is 7.69 Å². The lowest BCUT2D eigenvalue weighted by Gasteiger charge is -2.17. The summed E-state index contributed by atoms with van der Waals surface area (Å²) in [5.41, 5.74) is -1.13. The summed E-state index contributed by atoms with van der Waals surface area (Å²) >= 11 is 0. The molecule has 1 aromatic rings. The van der Waals surface area contributed by atoms with Gasteiger partial charge in [-0.1, -0.05) is 0 Å². The molecule has 0 aliphatic carbocycles. The molecule has 1 rings (SSSR count). The zero-order valence-corrected chi connectivity index (χ0v) is 12.3. The minimum atomic E-state index is -0.696. The first-order valence-corrected chi connectivity index (χ1v) is 6.13. The van der Waals surface area contributed by atoms with E-state index in [1.54, 1.807) is 19.9 Å². The standard InChI is InChI=1S/C14H18BO5/c1-13(2,3)20-15-19-12(17)10-6-7-11(18-10)14(4,5)8-9-16/h6-7,16H,1-5H3. The van der Waals surface area contributed by atoms with E-state index in [0.29, 0.717) is 5.76 Å². The van der Waals surface area contributed by atoms with Crippen LogP contribution in [0, 0.1) is 12.0 Å². The van der Waals surface area contributed by atoms with Gasteiger partial charge in [0.1, 0.15) is 11.9 Å². The van der Waals surface area contributed by atoms with Crippen LogP contribution in [-0.4, -0.2) is 24.4 Å². The van der Waals surface area contributed by atoms with Gasteiger partial charge in [-0.25, -0.2) is 4.79 Å². The molecule has 6 heteroatoms. The van der Waals surface area contributed by atoms with Crippen molar-refractivity contribution in [2.75, 3.05) is 0 Å². The lowest BCUT2D eigenvalue weighted by Crippen LogP contribution is -2.24. The van der Waals surface area contributed by atoms with Gasteiger partial charge in [0, 0.05) is 5.60 Å². The number of carbonyl (C=O) groups is 1. The molecule has 0 bridgehead atoms. The van der Waals surface area contributed by atoms with E-state index in [9.17, 15) is 4.79 Å². The second kappa shape index (κ2) is 6.06. The number of aliphatic hydroxyl groups excluding tert-OH is 1. The van der Waals surface area contributed by atoms with Crippen molar-refractivity contribution in [1.82, 2.24) is 0 Å². The van der Waals surface area contributed by atoms with Crippen LogP contribution in [-0.2, 0) is 14.7 Å². The van der Waals surface area contributed by atoms with E-state index in [2.05, 4.69) is 5.92 Å². The predicted molar refractivity (Wildman–Crippen MR) is 73.5 cm³/mol. The quantitative estimate of drug-likeness (QED) is 0.676. The fraction of sp³-hybridized carbons (Fsp3) is 0.500. The number of aliphatic hydroxyl groups is 1. The third-order valence-corrected chi connectivity index (χ3v) is 2.35. The Kier molecular flexibility index (Phi) is 4.90. The van der Waals surface area contributed by atoms with Crippen LogP contribution in [0.3, 0.4) is 0 Å². The van der Waals surface area contributed by atoms with E-state index in [1.165, 1.54) is 6.07 Å². The predicted octanol–water partition coefficient (Wildman–Crippen LogP) is 2.40. The SMILES string of the molecule is CC(C)(C)O[B]OC(=O)c1ccc(C(C)(C)C#CO)o1. The summed E-state index contributed by atoms with van der Waals surface area (Å²) in [6.45, 7) is 9.02. The van der Waals surface area contributed by atoms with Gasteiger partial charge in [0.2, 0.25) is 5.76 Å². The molecule has 0 saturated heterocycles. The summed E-state index contributed by atoms with van der Waals surface area (Å²) < 4.78 is 15.4. The second-order valence-electron chi connectivity index (χ2n) is 5.76. The normalized spacial score (nSPS) is 11.4. The zero-order chi connectivity index (χ0) is 15.4. The number of rotatable bonds is 4. The first-order valence-electron chi connectivity index (χ1n) is 6.13. The summed E-state index contributed by atoms with van der Waals surface area (Å²) in [6, 6.07) is 3.11. The summed E-state index contributed by atoms with van der Waals surface area (Å²) in [5.74, 6) is 2.43. The molecule has 0 aliphatic rings. The number of hydrogen-bond acceptors (Lipinski definition) is 5. The highest BCUT2D eigenvalue weighted by molar-refractivity contribution is 6.23. The van der Waals surface area contributed by atoms with Crippen LogP contribution in [0.1, 0.15) is 50.9 Å². The molecule has 107 valence electrons. The summed E-state index contributed by atoms with van der Waals surface area (Å²) in [5, 5.41) is 8.66. The fourth-order valence-electron chi connectivity index (χ4n) is 1.26. The van der Waals surface area contributed by atoms with Crippen molar-refractivity contribution < 1.29 is 23.6 Å². The molecular weight excluding hydrogens is 259 g/mol. The zero-order valence-electron chi connectivity index (χ0n) is 12.3. The average molecular weight is 277 g/mol. The maximum Gasteiger partial charge on any atom is 0.574 e. The molecule has 1 aromatic heterocycles. The summed E-state index contributed by atoms with van der Waals surface area (Å²) in [7, 11) is 0.989. The molecule has 0 fully saturated rings. The van der Waals surface area contributed by atoms with Crippen LogP contribution >= 0.6 is 0 Å². The van der Waals surface area contributed by atoms with Crippen molar-refractivity contribution in [3.05, 3.63) is 23.7 Å². The molecular formula is C14H18BO5. The van der Waals surface area contributed by atoms with E-state index in [-0.39, 0.29) is 5.76 Å². The van der Waals surface area contributed by atoms with Gasteiger partial charge in [-0.05, 0) is 52.7 Å². The number of carbonyl (C=O) groups excluding carboxylic acids is 1. The molecule has 20 heavy (non-hydrogen) atoms. The van der Waals surface area contributed by atoms with Crippen LogP contribution in [0.15, 0.2) is 16.5 Å². The highest BCUT2D eigenvalue weighted by Crippen LogP contribution is 2.24. The van der Waals surface area contributed by atoms with Crippen LogP contribution in [0.25, 0.3) is 0 Å². The van der Waals surface area contributed by atoms with Gasteiger partial charge in [-0.2, -0.15) is 0 Å². The smallest absolute Gasteiger partial charge is 0.505 e. The molecule has 1 N–H and O–H groups in total. The molecule has 0 saturated carbocycles. The Labute approximate surface area is 119 Å². The molecule has 0 spiro atoms. The van der Waals surface area contributed by atoms with E-state index >= 15 is 0 Å². The first kappa shape index (κ1) is 16.2. The van der Waals surface area contributed by atoms with Gasteiger partial charge in [-0.15, -0.1) is 0 Å². The Bertz CT molecular complexity index is 528. The molecule has 0 aromatic carbocycles. The van der Waals surface area contributed by atoms with Gasteiger partial charge in [0.05, 0.1) is 5.41 Å². The molecule has 0 unspecified atom stereocenters. The molecule has 1 radical (unpaired) electrons. The lowest BCUT2D eigenvalue weighted by molar-refractivity contribution is 0.0576. The fourth-order valence-corrected chi connectivity index (χ4v) is 1.26. The van der Waals surface area contributed by atoms with Gasteiger partial charge in [0.25, 0.3) is 0 Å². The van der Waals surface area contributed by atoms with E-state index in [1.807, 2.05) is 26.9 Å². The highest BCUT2D eigenvalue weighted by Gasteiger charge is 2.25. The van der Waals surface area contributed by atoms with Crippen LogP contribution in [0.5, 0.6) is 0 Å². The summed E-state index contributed by atoms with van der Waals surface area (Å²) in [6.07, 6.45) is 1.84. The van der Waals surface area contributed by atoms with Crippen LogP contribution in [0.4, 0.5) is 0 Å². The second-order valence-corrected chi connectivity index (χ2v) is 5.76. The minimum Gasteiger partial charge on any atom is -0.505 e. The third-order valence-electron chi connectivity index (χ3n) is 2.35. The van der Waals surface area contributed by atoms with Gasteiger partial charge in [-0.3, -0.25) is 0 Å². The van der Waals surface area contributed by atoms with Gasteiger partial charge < -0.3 is 18.8 Å². The Morgan fingerprint density at radius 3 is 2.50 bits per heavy atom. The number of hydrogen-bond donors (Lipinski definition) is 1. The first-order chi connectivity index (χ1) is 9.15. The van der Waals surface area contributed by atoms with Crippen molar-refractivity contribution in [3.8, 4) is 12.0 Å². The van der Waals surface area contributed by atoms with Gasteiger partial charge >= 0.3 is 13.7 Å².